The van der Waals surface area contributed by atoms with Gasteiger partial charge in [-0.1, -0.05) is 19.9 Å². The zero-order chi connectivity index (χ0) is 22.8. The van der Waals surface area contributed by atoms with Gasteiger partial charge < -0.3 is 19.9 Å². The van der Waals surface area contributed by atoms with Crippen molar-refractivity contribution in [2.45, 2.75) is 70.1 Å². The summed E-state index contributed by atoms with van der Waals surface area (Å²) in [7, 11) is 0. The fourth-order valence-corrected chi connectivity index (χ4v) is 5.22. The third-order valence-corrected chi connectivity index (χ3v) is 7.12. The van der Waals surface area contributed by atoms with Crippen LogP contribution in [0.15, 0.2) is 30.9 Å². The van der Waals surface area contributed by atoms with E-state index in [-0.39, 0.29) is 28.9 Å². The maximum Gasteiger partial charge on any atom is 0.246 e. The van der Waals surface area contributed by atoms with Crippen molar-refractivity contribution in [1.82, 2.24) is 15.2 Å². The summed E-state index contributed by atoms with van der Waals surface area (Å²) in [5, 5.41) is 4.05. The molecule has 6 heteroatoms. The Morgan fingerprint density at radius 3 is 2.84 bits per heavy atom. The molecule has 0 radical (unpaired) electrons. The fourth-order valence-electron chi connectivity index (χ4n) is 5.22. The molecule has 2 aromatic rings. The van der Waals surface area contributed by atoms with Crippen molar-refractivity contribution in [3.8, 4) is 5.75 Å². The third-order valence-electron chi connectivity index (χ3n) is 7.12. The van der Waals surface area contributed by atoms with E-state index in [1.165, 1.54) is 0 Å². The molecule has 3 aliphatic rings. The Morgan fingerprint density at radius 2 is 2.09 bits per heavy atom. The maximum absolute atomic E-state index is 13.2. The molecule has 32 heavy (non-hydrogen) atoms. The Kier molecular flexibility index (Phi) is 4.56. The van der Waals surface area contributed by atoms with Crippen LogP contribution in [0.25, 0.3) is 17.0 Å². The van der Waals surface area contributed by atoms with Gasteiger partial charge in [0.25, 0.3) is 0 Å². The Balaban J connectivity index is 1.62. The third kappa shape index (κ3) is 3.15. The molecular formula is C26H31N3O3. The normalized spacial score (nSPS) is 24.2. The number of carbonyl (C=O) groups is 2. The quantitative estimate of drug-likeness (QED) is 0.720. The van der Waals surface area contributed by atoms with Gasteiger partial charge in [-0.05, 0) is 56.5 Å². The SMILES string of the molecule is C=CC(C)(C)c1[nH]c2c3c(ccc2c1C[C@@H]1NC(=O)[C@@H]2CCCN2C1=O)OC(C)(C)C=C3. The summed E-state index contributed by atoms with van der Waals surface area (Å²) in [6, 6.07) is 3.20. The molecule has 1 aromatic heterocycles. The first kappa shape index (κ1) is 20.9. The van der Waals surface area contributed by atoms with E-state index in [1.54, 1.807) is 4.90 Å². The van der Waals surface area contributed by atoms with Crippen LogP contribution in [0.3, 0.4) is 0 Å². The largest absolute Gasteiger partial charge is 0.483 e. The summed E-state index contributed by atoms with van der Waals surface area (Å²) < 4.78 is 6.17. The van der Waals surface area contributed by atoms with Crippen molar-refractivity contribution in [1.29, 1.82) is 0 Å². The van der Waals surface area contributed by atoms with Gasteiger partial charge in [-0.2, -0.15) is 0 Å². The van der Waals surface area contributed by atoms with E-state index in [2.05, 4.69) is 48.9 Å². The Labute approximate surface area is 188 Å². The van der Waals surface area contributed by atoms with Gasteiger partial charge >= 0.3 is 0 Å². The molecule has 0 unspecified atom stereocenters. The number of fused-ring (bicyclic) bond motifs is 4. The van der Waals surface area contributed by atoms with Crippen LogP contribution >= 0.6 is 0 Å². The number of ether oxygens (including phenoxy) is 1. The lowest BCUT2D eigenvalue weighted by Gasteiger charge is -2.35. The van der Waals surface area contributed by atoms with Crippen molar-refractivity contribution in [2.75, 3.05) is 6.54 Å². The molecule has 5 rings (SSSR count). The second-order valence-electron chi connectivity index (χ2n) is 10.3. The van der Waals surface area contributed by atoms with Crippen LogP contribution < -0.4 is 10.1 Å². The highest BCUT2D eigenvalue weighted by molar-refractivity contribution is 5.99. The predicted molar refractivity (Wildman–Crippen MR) is 126 cm³/mol. The van der Waals surface area contributed by atoms with E-state index in [9.17, 15) is 9.59 Å². The van der Waals surface area contributed by atoms with E-state index >= 15 is 0 Å². The van der Waals surface area contributed by atoms with Crippen molar-refractivity contribution in [3.05, 3.63) is 47.7 Å². The van der Waals surface area contributed by atoms with Gasteiger partial charge in [-0.15, -0.1) is 6.58 Å². The van der Waals surface area contributed by atoms with Crippen LogP contribution in [0.5, 0.6) is 5.75 Å². The van der Waals surface area contributed by atoms with Gasteiger partial charge in [0.05, 0.1) is 5.52 Å². The van der Waals surface area contributed by atoms with Gasteiger partial charge in [0.1, 0.15) is 23.4 Å². The number of rotatable bonds is 4. The number of carbonyl (C=O) groups excluding carboxylic acids is 2. The van der Waals surface area contributed by atoms with Crippen molar-refractivity contribution < 1.29 is 14.3 Å². The van der Waals surface area contributed by atoms with Crippen LogP contribution in [0.1, 0.15) is 57.4 Å². The number of H-pyrrole nitrogens is 1. The molecular weight excluding hydrogens is 402 g/mol. The number of amides is 2. The summed E-state index contributed by atoms with van der Waals surface area (Å²) >= 11 is 0. The van der Waals surface area contributed by atoms with Crippen LogP contribution in [0.2, 0.25) is 0 Å². The molecule has 0 bridgehead atoms. The van der Waals surface area contributed by atoms with Crippen LogP contribution in [0, 0.1) is 0 Å². The highest BCUT2D eigenvalue weighted by atomic mass is 16.5. The fraction of sp³-hybridized carbons (Fsp3) is 0.462. The number of nitrogens with one attached hydrogen (secondary N) is 2. The van der Waals surface area contributed by atoms with Gasteiger partial charge in [0.15, 0.2) is 0 Å². The molecule has 0 saturated carbocycles. The lowest BCUT2D eigenvalue weighted by atomic mass is 9.84. The van der Waals surface area contributed by atoms with E-state index in [1.807, 2.05) is 26.0 Å². The molecule has 6 nitrogen and oxygen atoms in total. The smallest absolute Gasteiger partial charge is 0.246 e. The Bertz CT molecular complexity index is 1170. The van der Waals surface area contributed by atoms with Crippen molar-refractivity contribution >= 4 is 28.8 Å². The maximum atomic E-state index is 13.2. The van der Waals surface area contributed by atoms with E-state index in [4.69, 9.17) is 4.74 Å². The van der Waals surface area contributed by atoms with Crippen LogP contribution in [0.4, 0.5) is 0 Å². The molecule has 2 saturated heterocycles. The molecule has 0 spiro atoms. The second-order valence-corrected chi connectivity index (χ2v) is 10.3. The van der Waals surface area contributed by atoms with E-state index in [0.29, 0.717) is 13.0 Å². The summed E-state index contributed by atoms with van der Waals surface area (Å²) in [6.07, 6.45) is 8.16. The monoisotopic (exact) mass is 433 g/mol. The Hall–Kier alpha value is -3.02. The standard InChI is InChI=1S/C26H31N3O3/c1-6-25(2,3)22-17(14-18-24(31)29-13-7-8-19(29)23(30)27-18)15-9-10-20-16(21(15)28-22)11-12-26(4,5)32-20/h6,9-12,18-19,28H,1,7-8,13-14H2,2-5H3,(H,27,30)/t18-,19-/m0/s1. The first-order chi connectivity index (χ1) is 15.1. The molecule has 2 amide bonds. The average Bonchev–Trinajstić information content (AvgIpc) is 3.37. The minimum atomic E-state index is -0.558. The number of benzene rings is 1. The first-order valence-electron chi connectivity index (χ1n) is 11.4. The minimum absolute atomic E-state index is 0.0201. The van der Waals surface area contributed by atoms with Crippen molar-refractivity contribution in [2.24, 2.45) is 0 Å². The molecule has 2 fully saturated rings. The van der Waals surface area contributed by atoms with Crippen molar-refractivity contribution in [3.63, 3.8) is 0 Å². The van der Waals surface area contributed by atoms with Gasteiger partial charge in [-0.3, -0.25) is 9.59 Å². The summed E-state index contributed by atoms with van der Waals surface area (Å²) in [5.41, 5.74) is 3.36. The molecule has 2 atom stereocenters. The topological polar surface area (TPSA) is 74.4 Å². The second kappa shape index (κ2) is 6.99. The van der Waals surface area contributed by atoms with Crippen LogP contribution in [-0.2, 0) is 21.4 Å². The highest BCUT2D eigenvalue weighted by Crippen LogP contribution is 2.41. The molecule has 168 valence electrons. The van der Waals surface area contributed by atoms with Crippen LogP contribution in [-0.4, -0.2) is 45.9 Å². The molecule has 1 aromatic carbocycles. The highest BCUT2D eigenvalue weighted by Gasteiger charge is 2.43. The number of piperazine rings is 1. The molecule has 2 N–H and O–H groups in total. The summed E-state index contributed by atoms with van der Waals surface area (Å²) in [5.74, 6) is 0.821. The number of hydrogen-bond acceptors (Lipinski definition) is 3. The molecule has 0 aliphatic carbocycles. The number of hydrogen-bond donors (Lipinski definition) is 2. The predicted octanol–water partition coefficient (Wildman–Crippen LogP) is 3.85. The lowest BCUT2D eigenvalue weighted by molar-refractivity contribution is -0.146. The Morgan fingerprint density at radius 1 is 1.31 bits per heavy atom. The first-order valence-corrected chi connectivity index (χ1v) is 11.4. The minimum Gasteiger partial charge on any atom is -0.483 e. The average molecular weight is 434 g/mol. The number of nitrogens with zero attached hydrogens (tertiary/aromatic N) is 1. The van der Waals surface area contributed by atoms with E-state index in [0.717, 1.165) is 46.3 Å². The number of aromatic amines is 1. The molecule has 4 heterocycles. The van der Waals surface area contributed by atoms with Gasteiger partial charge in [-0.25, -0.2) is 0 Å². The number of allylic oxidation sites excluding steroid dienone is 1. The summed E-state index contributed by atoms with van der Waals surface area (Å²) in [4.78, 5) is 31.3. The zero-order valence-electron chi connectivity index (χ0n) is 19.2. The van der Waals surface area contributed by atoms with E-state index < -0.39 is 6.04 Å². The van der Waals surface area contributed by atoms with Gasteiger partial charge in [0, 0.05) is 35.0 Å². The molecule has 3 aliphatic heterocycles. The number of aromatic nitrogens is 1. The zero-order valence-corrected chi connectivity index (χ0v) is 19.2. The summed E-state index contributed by atoms with van der Waals surface area (Å²) in [6.45, 7) is 13.0. The van der Waals surface area contributed by atoms with Gasteiger partial charge in [0.2, 0.25) is 11.8 Å². The lowest BCUT2D eigenvalue weighted by Crippen LogP contribution is -2.61.